The van der Waals surface area contributed by atoms with Crippen LogP contribution in [0.15, 0.2) is 42.7 Å². The smallest absolute Gasteiger partial charge is 0.231 e. The molecule has 0 spiro atoms. The first-order valence-corrected chi connectivity index (χ1v) is 8.58. The second kappa shape index (κ2) is 7.20. The van der Waals surface area contributed by atoms with Crippen LogP contribution in [0.5, 0.6) is 11.5 Å². The van der Waals surface area contributed by atoms with Gasteiger partial charge in [-0.25, -0.2) is 0 Å². The van der Waals surface area contributed by atoms with Crippen LogP contribution in [0, 0.1) is 5.92 Å². The molecule has 0 aliphatic carbocycles. The van der Waals surface area contributed by atoms with E-state index in [9.17, 15) is 0 Å². The van der Waals surface area contributed by atoms with Gasteiger partial charge in [-0.2, -0.15) is 0 Å². The van der Waals surface area contributed by atoms with Crippen molar-refractivity contribution in [2.45, 2.75) is 19.5 Å². The minimum absolute atomic E-state index is 0.321. The largest absolute Gasteiger partial charge is 0.454 e. The van der Waals surface area contributed by atoms with Crippen molar-refractivity contribution in [2.75, 3.05) is 26.4 Å². The summed E-state index contributed by atoms with van der Waals surface area (Å²) in [6.45, 7) is 5.39. The lowest BCUT2D eigenvalue weighted by molar-refractivity contribution is 0.170. The minimum Gasteiger partial charge on any atom is -0.454 e. The molecule has 0 radical (unpaired) electrons. The van der Waals surface area contributed by atoms with Crippen LogP contribution in [-0.4, -0.2) is 36.3 Å². The van der Waals surface area contributed by atoms with Gasteiger partial charge in [0.1, 0.15) is 0 Å². The van der Waals surface area contributed by atoms with Gasteiger partial charge in [-0.05, 0) is 43.1 Å². The summed E-state index contributed by atoms with van der Waals surface area (Å²) in [7, 11) is 0. The van der Waals surface area contributed by atoms with Crippen LogP contribution in [-0.2, 0) is 13.1 Å². The van der Waals surface area contributed by atoms with Gasteiger partial charge in [0.15, 0.2) is 11.5 Å². The molecule has 1 aromatic carbocycles. The first kappa shape index (κ1) is 15.4. The number of aromatic nitrogens is 1. The highest BCUT2D eigenvalue weighted by Gasteiger charge is 2.22. The van der Waals surface area contributed by atoms with Gasteiger partial charge >= 0.3 is 0 Å². The summed E-state index contributed by atoms with van der Waals surface area (Å²) in [6.07, 6.45) is 5.02. The zero-order valence-electron chi connectivity index (χ0n) is 13.8. The van der Waals surface area contributed by atoms with Crippen molar-refractivity contribution in [3.8, 4) is 11.5 Å². The first-order valence-electron chi connectivity index (χ1n) is 8.58. The second-order valence-electron chi connectivity index (χ2n) is 6.54. The van der Waals surface area contributed by atoms with Crippen molar-refractivity contribution in [3.05, 3.63) is 53.9 Å². The number of benzene rings is 1. The number of nitrogens with one attached hydrogen (secondary N) is 1. The summed E-state index contributed by atoms with van der Waals surface area (Å²) in [5.74, 6) is 2.46. The van der Waals surface area contributed by atoms with Crippen LogP contribution < -0.4 is 14.8 Å². The van der Waals surface area contributed by atoms with E-state index < -0.39 is 0 Å². The fourth-order valence-corrected chi connectivity index (χ4v) is 3.53. The Morgan fingerprint density at radius 2 is 2.17 bits per heavy atom. The van der Waals surface area contributed by atoms with E-state index in [2.05, 4.69) is 27.3 Å². The maximum Gasteiger partial charge on any atom is 0.231 e. The Bertz CT molecular complexity index is 672. The first-order chi connectivity index (χ1) is 11.9. The van der Waals surface area contributed by atoms with Gasteiger partial charge in [-0.1, -0.05) is 18.2 Å². The molecule has 0 unspecified atom stereocenters. The fourth-order valence-electron chi connectivity index (χ4n) is 3.53. The van der Waals surface area contributed by atoms with Crippen molar-refractivity contribution < 1.29 is 9.47 Å². The molecule has 1 atom stereocenters. The predicted molar refractivity (Wildman–Crippen MR) is 91.9 cm³/mol. The summed E-state index contributed by atoms with van der Waals surface area (Å²) >= 11 is 0. The normalized spacial score (nSPS) is 19.1. The quantitative estimate of drug-likeness (QED) is 0.884. The number of fused-ring (bicyclic) bond motifs is 1. The molecular formula is C19H23N3O2. The Hall–Kier alpha value is -2.11. The zero-order valence-corrected chi connectivity index (χ0v) is 13.8. The van der Waals surface area contributed by atoms with Gasteiger partial charge in [0.05, 0.1) is 0 Å². The molecule has 1 aromatic heterocycles. The van der Waals surface area contributed by atoms with Crippen molar-refractivity contribution >= 4 is 0 Å². The Morgan fingerprint density at radius 1 is 1.17 bits per heavy atom. The van der Waals surface area contributed by atoms with Gasteiger partial charge in [0, 0.05) is 37.6 Å². The molecule has 126 valence electrons. The average Bonchev–Trinajstić information content (AvgIpc) is 3.27. The maximum absolute atomic E-state index is 5.68. The highest BCUT2D eigenvalue weighted by Crippen LogP contribution is 2.36. The zero-order chi connectivity index (χ0) is 16.2. The molecule has 0 saturated carbocycles. The number of ether oxygens (including phenoxy) is 2. The lowest BCUT2D eigenvalue weighted by Gasteiger charge is -2.25. The third kappa shape index (κ3) is 3.52. The third-order valence-electron chi connectivity index (χ3n) is 4.68. The fraction of sp³-hybridized carbons (Fsp3) is 0.421. The van der Waals surface area contributed by atoms with Crippen LogP contribution >= 0.6 is 0 Å². The minimum atomic E-state index is 0.321. The van der Waals surface area contributed by atoms with Crippen LogP contribution in [0.4, 0.5) is 0 Å². The summed E-state index contributed by atoms with van der Waals surface area (Å²) in [4.78, 5) is 6.74. The van der Waals surface area contributed by atoms with Crippen molar-refractivity contribution in [1.29, 1.82) is 0 Å². The molecule has 0 bridgehead atoms. The van der Waals surface area contributed by atoms with E-state index >= 15 is 0 Å². The number of para-hydroxylation sites is 1. The third-order valence-corrected chi connectivity index (χ3v) is 4.68. The van der Waals surface area contributed by atoms with E-state index in [1.807, 2.05) is 30.6 Å². The monoisotopic (exact) mass is 325 g/mol. The van der Waals surface area contributed by atoms with Crippen molar-refractivity contribution in [3.63, 3.8) is 0 Å². The number of pyridine rings is 1. The second-order valence-corrected chi connectivity index (χ2v) is 6.54. The molecule has 3 heterocycles. The highest BCUT2D eigenvalue weighted by molar-refractivity contribution is 5.48. The van der Waals surface area contributed by atoms with E-state index in [0.717, 1.165) is 44.2 Å². The number of rotatable bonds is 6. The molecule has 1 fully saturated rings. The van der Waals surface area contributed by atoms with Gasteiger partial charge in [-0.15, -0.1) is 0 Å². The molecule has 2 aliphatic heterocycles. The number of hydrogen-bond donors (Lipinski definition) is 1. The molecule has 2 aromatic rings. The van der Waals surface area contributed by atoms with E-state index in [1.165, 1.54) is 17.5 Å². The van der Waals surface area contributed by atoms with Gasteiger partial charge in [0.25, 0.3) is 0 Å². The summed E-state index contributed by atoms with van der Waals surface area (Å²) < 4.78 is 11.2. The van der Waals surface area contributed by atoms with E-state index in [1.54, 1.807) is 0 Å². The predicted octanol–water partition coefficient (Wildman–Crippen LogP) is 2.42. The van der Waals surface area contributed by atoms with Gasteiger partial charge in [0.2, 0.25) is 6.79 Å². The van der Waals surface area contributed by atoms with Gasteiger partial charge in [-0.3, -0.25) is 9.88 Å². The summed E-state index contributed by atoms with van der Waals surface area (Å²) in [5.41, 5.74) is 2.44. The van der Waals surface area contributed by atoms with Crippen LogP contribution in [0.25, 0.3) is 0 Å². The molecule has 2 aliphatic rings. The SMILES string of the molecule is c1cncc(CN(Cc2cccc3c2OCO3)C[C@@H]2CCNC2)c1. The molecule has 5 heteroatoms. The Labute approximate surface area is 142 Å². The molecule has 0 amide bonds. The van der Waals surface area contributed by atoms with E-state index in [4.69, 9.17) is 9.47 Å². The van der Waals surface area contributed by atoms with Crippen molar-refractivity contribution in [1.82, 2.24) is 15.2 Å². The molecule has 1 N–H and O–H groups in total. The van der Waals surface area contributed by atoms with Crippen molar-refractivity contribution in [2.24, 2.45) is 5.92 Å². The lowest BCUT2D eigenvalue weighted by Crippen LogP contribution is -2.30. The standard InChI is InChI=1S/C19H23N3O2/c1-4-17(19-18(5-1)23-14-24-19)13-22(12-16-6-8-21-10-16)11-15-3-2-7-20-9-15/h1-5,7,9,16,21H,6,8,10-14H2/t16-/m1/s1. The van der Waals surface area contributed by atoms with Gasteiger partial charge < -0.3 is 14.8 Å². The molecular weight excluding hydrogens is 302 g/mol. The van der Waals surface area contributed by atoms with Crippen LogP contribution in [0.2, 0.25) is 0 Å². The Kier molecular flexibility index (Phi) is 4.62. The highest BCUT2D eigenvalue weighted by atomic mass is 16.7. The summed E-state index contributed by atoms with van der Waals surface area (Å²) in [5, 5.41) is 3.46. The lowest BCUT2D eigenvalue weighted by atomic mass is 10.1. The number of nitrogens with zero attached hydrogens (tertiary/aromatic N) is 2. The summed E-state index contributed by atoms with van der Waals surface area (Å²) in [6, 6.07) is 10.3. The molecule has 4 rings (SSSR count). The molecule has 1 saturated heterocycles. The number of hydrogen-bond acceptors (Lipinski definition) is 5. The maximum atomic E-state index is 5.68. The topological polar surface area (TPSA) is 46.6 Å². The Morgan fingerprint density at radius 3 is 3.00 bits per heavy atom. The molecule has 5 nitrogen and oxygen atoms in total. The van der Waals surface area contributed by atoms with Crippen LogP contribution in [0.3, 0.4) is 0 Å². The van der Waals surface area contributed by atoms with Crippen LogP contribution in [0.1, 0.15) is 17.5 Å². The molecule has 24 heavy (non-hydrogen) atoms. The average molecular weight is 325 g/mol. The van der Waals surface area contributed by atoms with E-state index in [0.29, 0.717) is 12.7 Å². The Balaban J connectivity index is 1.52. The van der Waals surface area contributed by atoms with E-state index in [-0.39, 0.29) is 0 Å².